The molecule has 0 radical (unpaired) electrons. The van der Waals surface area contributed by atoms with E-state index in [1.165, 1.54) is 11.3 Å². The van der Waals surface area contributed by atoms with Crippen LogP contribution in [0.15, 0.2) is 29.4 Å². The number of thiophene rings is 1. The predicted molar refractivity (Wildman–Crippen MR) is 91.6 cm³/mol. The summed E-state index contributed by atoms with van der Waals surface area (Å²) in [5.74, 6) is -0.233. The van der Waals surface area contributed by atoms with E-state index in [1.807, 2.05) is 31.2 Å². The maximum Gasteiger partial charge on any atom is 0.283 e. The minimum absolute atomic E-state index is 0.233. The normalized spacial score (nSPS) is 11.9. The van der Waals surface area contributed by atoms with Gasteiger partial charge in [-0.05, 0) is 25.3 Å². The van der Waals surface area contributed by atoms with E-state index in [2.05, 4.69) is 17.5 Å². The Kier molecular flexibility index (Phi) is 5.76. The van der Waals surface area contributed by atoms with Crippen molar-refractivity contribution >= 4 is 44.6 Å². The number of halogens is 1. The van der Waals surface area contributed by atoms with Gasteiger partial charge in [0, 0.05) is 15.8 Å². The average Bonchev–Trinajstić information content (AvgIpc) is 2.85. The maximum atomic E-state index is 12.2. The van der Waals surface area contributed by atoms with Crippen LogP contribution in [0.4, 0.5) is 0 Å². The van der Waals surface area contributed by atoms with Crippen molar-refractivity contribution in [1.82, 2.24) is 5.43 Å². The highest BCUT2D eigenvalue weighted by Gasteiger charge is 2.16. The van der Waals surface area contributed by atoms with Crippen molar-refractivity contribution in [3.63, 3.8) is 0 Å². The molecular weight excluding hydrogens is 304 g/mol. The van der Waals surface area contributed by atoms with Gasteiger partial charge in [-0.25, -0.2) is 5.43 Å². The lowest BCUT2D eigenvalue weighted by atomic mass is 10.1. The van der Waals surface area contributed by atoms with Crippen LogP contribution in [0, 0.1) is 0 Å². The number of hydrogen-bond acceptors (Lipinski definition) is 3. The fourth-order valence-corrected chi connectivity index (χ4v) is 3.44. The molecular formula is C16H19ClN2OS. The Morgan fingerprint density at radius 3 is 2.76 bits per heavy atom. The molecule has 0 bridgehead atoms. The van der Waals surface area contributed by atoms with Gasteiger partial charge in [-0.1, -0.05) is 50.1 Å². The van der Waals surface area contributed by atoms with E-state index < -0.39 is 0 Å². The summed E-state index contributed by atoms with van der Waals surface area (Å²) in [4.78, 5) is 12.8. The van der Waals surface area contributed by atoms with Crippen LogP contribution < -0.4 is 5.43 Å². The van der Waals surface area contributed by atoms with Gasteiger partial charge in [-0.15, -0.1) is 11.3 Å². The first-order valence-corrected chi connectivity index (χ1v) is 8.39. The van der Waals surface area contributed by atoms with Gasteiger partial charge in [0.25, 0.3) is 5.91 Å². The number of unbranched alkanes of at least 4 members (excludes halogenated alkanes) is 1. The topological polar surface area (TPSA) is 41.5 Å². The van der Waals surface area contributed by atoms with E-state index in [0.717, 1.165) is 41.5 Å². The van der Waals surface area contributed by atoms with Crippen molar-refractivity contribution in [1.29, 1.82) is 0 Å². The van der Waals surface area contributed by atoms with Gasteiger partial charge < -0.3 is 0 Å². The second kappa shape index (κ2) is 7.57. The maximum absolute atomic E-state index is 12.2. The largest absolute Gasteiger partial charge is 0.283 e. The number of nitrogens with one attached hydrogen (secondary N) is 1. The Labute approximate surface area is 134 Å². The molecule has 3 nitrogen and oxygen atoms in total. The van der Waals surface area contributed by atoms with Gasteiger partial charge in [0.15, 0.2) is 0 Å². The molecule has 112 valence electrons. The SMILES string of the molecule is CCCC/C(CC)=N/NC(=O)c1sc2ccccc2c1Cl. The first-order chi connectivity index (χ1) is 10.2. The van der Waals surface area contributed by atoms with E-state index in [1.54, 1.807) is 0 Å². The highest BCUT2D eigenvalue weighted by Crippen LogP contribution is 2.34. The molecule has 2 rings (SSSR count). The van der Waals surface area contributed by atoms with Gasteiger partial charge >= 0.3 is 0 Å². The van der Waals surface area contributed by atoms with Crippen LogP contribution >= 0.6 is 22.9 Å². The van der Waals surface area contributed by atoms with Crippen LogP contribution in [0.3, 0.4) is 0 Å². The van der Waals surface area contributed by atoms with Crippen LogP contribution in [-0.4, -0.2) is 11.6 Å². The number of hydrogen-bond donors (Lipinski definition) is 1. The van der Waals surface area contributed by atoms with Crippen LogP contribution in [0.5, 0.6) is 0 Å². The van der Waals surface area contributed by atoms with E-state index >= 15 is 0 Å². The number of fused-ring (bicyclic) bond motifs is 1. The van der Waals surface area contributed by atoms with Crippen molar-refractivity contribution < 1.29 is 4.79 Å². The highest BCUT2D eigenvalue weighted by atomic mass is 35.5. The van der Waals surface area contributed by atoms with Crippen LogP contribution in [-0.2, 0) is 0 Å². The molecule has 0 aliphatic heterocycles. The Morgan fingerprint density at radius 1 is 1.33 bits per heavy atom. The number of carbonyl (C=O) groups is 1. The van der Waals surface area contributed by atoms with Gasteiger partial charge in [0.1, 0.15) is 4.88 Å². The summed E-state index contributed by atoms with van der Waals surface area (Å²) < 4.78 is 1.01. The molecule has 1 aromatic carbocycles. The Hall–Kier alpha value is -1.39. The molecule has 0 spiro atoms. The predicted octanol–water partition coefficient (Wildman–Crippen LogP) is 5.24. The summed E-state index contributed by atoms with van der Waals surface area (Å²) in [5, 5.41) is 5.66. The lowest BCUT2D eigenvalue weighted by molar-refractivity contribution is 0.0959. The van der Waals surface area contributed by atoms with E-state index in [9.17, 15) is 4.79 Å². The lowest BCUT2D eigenvalue weighted by Gasteiger charge is -2.03. The number of amides is 1. The quantitative estimate of drug-likeness (QED) is 0.573. The second-order valence-electron chi connectivity index (χ2n) is 4.82. The highest BCUT2D eigenvalue weighted by molar-refractivity contribution is 7.21. The zero-order valence-corrected chi connectivity index (χ0v) is 13.9. The van der Waals surface area contributed by atoms with Crippen molar-refractivity contribution in [2.24, 2.45) is 5.10 Å². The molecule has 0 atom stereocenters. The summed E-state index contributed by atoms with van der Waals surface area (Å²) in [5.41, 5.74) is 3.65. The summed E-state index contributed by atoms with van der Waals surface area (Å²) in [6.45, 7) is 4.19. The Morgan fingerprint density at radius 2 is 2.10 bits per heavy atom. The first kappa shape index (κ1) is 16.0. The van der Waals surface area contributed by atoms with Crippen molar-refractivity contribution in [3.05, 3.63) is 34.2 Å². The molecule has 1 aromatic heterocycles. The minimum atomic E-state index is -0.233. The number of rotatable bonds is 6. The smallest absolute Gasteiger partial charge is 0.266 e. The third kappa shape index (κ3) is 3.83. The molecule has 0 aliphatic rings. The van der Waals surface area contributed by atoms with Crippen LogP contribution in [0.1, 0.15) is 49.2 Å². The molecule has 21 heavy (non-hydrogen) atoms. The standard InChI is InChI=1S/C16H19ClN2OS/c1-3-5-8-11(4-2)18-19-16(20)15-14(17)12-9-6-7-10-13(12)21-15/h6-7,9-10H,3-5,8H2,1-2H3,(H,19,20)/b18-11+. The summed E-state index contributed by atoms with van der Waals surface area (Å²) >= 11 is 7.68. The monoisotopic (exact) mass is 322 g/mol. The molecule has 1 heterocycles. The number of nitrogens with zero attached hydrogens (tertiary/aromatic N) is 1. The van der Waals surface area contributed by atoms with E-state index in [-0.39, 0.29) is 5.91 Å². The van der Waals surface area contributed by atoms with Gasteiger partial charge in [-0.3, -0.25) is 4.79 Å². The average molecular weight is 323 g/mol. The minimum Gasteiger partial charge on any atom is -0.266 e. The van der Waals surface area contributed by atoms with Crippen molar-refractivity contribution in [2.75, 3.05) is 0 Å². The summed E-state index contributed by atoms with van der Waals surface area (Å²) in [6.07, 6.45) is 3.98. The lowest BCUT2D eigenvalue weighted by Crippen LogP contribution is -2.18. The zero-order valence-electron chi connectivity index (χ0n) is 12.3. The molecule has 0 fully saturated rings. The molecule has 0 aliphatic carbocycles. The van der Waals surface area contributed by atoms with E-state index in [4.69, 9.17) is 11.6 Å². The zero-order chi connectivity index (χ0) is 15.2. The molecule has 2 aromatic rings. The third-order valence-electron chi connectivity index (χ3n) is 3.28. The van der Waals surface area contributed by atoms with Gasteiger partial charge in [-0.2, -0.15) is 5.10 Å². The molecule has 5 heteroatoms. The molecule has 1 N–H and O–H groups in total. The van der Waals surface area contributed by atoms with Crippen LogP contribution in [0.2, 0.25) is 5.02 Å². The van der Waals surface area contributed by atoms with Crippen molar-refractivity contribution in [2.45, 2.75) is 39.5 Å². The second-order valence-corrected chi connectivity index (χ2v) is 6.25. The molecule has 0 saturated heterocycles. The first-order valence-electron chi connectivity index (χ1n) is 7.20. The fourth-order valence-electron chi connectivity index (χ4n) is 2.03. The molecule has 0 saturated carbocycles. The Balaban J connectivity index is 2.15. The molecule has 0 unspecified atom stereocenters. The fraction of sp³-hybridized carbons (Fsp3) is 0.375. The Bertz CT molecular complexity index is 663. The summed E-state index contributed by atoms with van der Waals surface area (Å²) in [6, 6.07) is 7.74. The number of benzene rings is 1. The van der Waals surface area contributed by atoms with E-state index in [0.29, 0.717) is 9.90 Å². The van der Waals surface area contributed by atoms with Gasteiger partial charge in [0.2, 0.25) is 0 Å². The van der Waals surface area contributed by atoms with Crippen LogP contribution in [0.25, 0.3) is 10.1 Å². The van der Waals surface area contributed by atoms with Crippen molar-refractivity contribution in [3.8, 4) is 0 Å². The third-order valence-corrected chi connectivity index (χ3v) is 4.96. The van der Waals surface area contributed by atoms with Gasteiger partial charge in [0.05, 0.1) is 5.02 Å². The number of carbonyl (C=O) groups excluding carboxylic acids is 1. The molecule has 1 amide bonds. The number of hydrazone groups is 1. The summed E-state index contributed by atoms with van der Waals surface area (Å²) in [7, 11) is 0.